The minimum absolute atomic E-state index is 0.195. The van der Waals surface area contributed by atoms with Crippen LogP contribution in [0, 0.1) is 0 Å². The Balaban J connectivity index is 2.82. The third kappa shape index (κ3) is 3.12. The maximum Gasteiger partial charge on any atom is 0.427 e. The number of halogens is 4. The molecule has 0 N–H and O–H groups in total. The molecule has 5 heteroatoms. The lowest BCUT2D eigenvalue weighted by Gasteiger charge is -2.28. The largest absolute Gasteiger partial charge is 0.478 e. The van der Waals surface area contributed by atoms with Crippen molar-refractivity contribution in [3.63, 3.8) is 0 Å². The Morgan fingerprint density at radius 2 is 1.53 bits per heavy atom. The normalized spacial score (nSPS) is 12.7. The van der Waals surface area contributed by atoms with Gasteiger partial charge in [-0.05, 0) is 38.1 Å². The lowest BCUT2D eigenvalue weighted by molar-refractivity contribution is -0.234. The molecule has 84 valence electrons. The molecule has 0 fully saturated rings. The molecule has 0 atom stereocenters. The van der Waals surface area contributed by atoms with E-state index in [9.17, 15) is 13.2 Å². The van der Waals surface area contributed by atoms with Gasteiger partial charge < -0.3 is 4.74 Å². The Labute approximate surface area is 94.4 Å². The van der Waals surface area contributed by atoms with Crippen LogP contribution in [0.15, 0.2) is 28.7 Å². The zero-order valence-corrected chi connectivity index (χ0v) is 9.82. The molecule has 1 aromatic rings. The Morgan fingerprint density at radius 3 is 1.93 bits per heavy atom. The quantitative estimate of drug-likeness (QED) is 0.791. The van der Waals surface area contributed by atoms with Crippen LogP contribution in [0.1, 0.15) is 13.8 Å². The molecule has 0 radical (unpaired) electrons. The van der Waals surface area contributed by atoms with Gasteiger partial charge in [0.2, 0.25) is 0 Å². The van der Waals surface area contributed by atoms with Crippen LogP contribution < -0.4 is 4.74 Å². The van der Waals surface area contributed by atoms with E-state index in [1.165, 1.54) is 12.1 Å². The molecular weight excluding hydrogens is 273 g/mol. The van der Waals surface area contributed by atoms with Crippen LogP contribution in [0.4, 0.5) is 13.2 Å². The molecule has 0 aliphatic carbocycles. The predicted molar refractivity (Wildman–Crippen MR) is 54.9 cm³/mol. The van der Waals surface area contributed by atoms with Crippen molar-refractivity contribution in [3.8, 4) is 5.75 Å². The highest BCUT2D eigenvalue weighted by Gasteiger charge is 2.49. The minimum atomic E-state index is -4.39. The molecule has 1 nitrogen and oxygen atoms in total. The van der Waals surface area contributed by atoms with E-state index >= 15 is 0 Å². The van der Waals surface area contributed by atoms with Gasteiger partial charge in [-0.15, -0.1) is 0 Å². The fourth-order valence-electron chi connectivity index (χ4n) is 0.855. The summed E-state index contributed by atoms with van der Waals surface area (Å²) in [5.41, 5.74) is -2.18. The minimum Gasteiger partial charge on any atom is -0.478 e. The Morgan fingerprint density at radius 1 is 1.07 bits per heavy atom. The highest BCUT2D eigenvalue weighted by atomic mass is 79.9. The molecule has 0 spiro atoms. The molecule has 0 saturated carbocycles. The molecule has 15 heavy (non-hydrogen) atoms. The van der Waals surface area contributed by atoms with Gasteiger partial charge in [-0.1, -0.05) is 15.9 Å². The first kappa shape index (κ1) is 12.4. The summed E-state index contributed by atoms with van der Waals surface area (Å²) in [6, 6.07) is 6.22. The number of ether oxygens (including phenoxy) is 1. The summed E-state index contributed by atoms with van der Waals surface area (Å²) < 4.78 is 43.1. The molecule has 0 aromatic heterocycles. The Hall–Kier alpha value is -0.710. The van der Waals surface area contributed by atoms with E-state index in [1.54, 1.807) is 12.1 Å². The van der Waals surface area contributed by atoms with Gasteiger partial charge in [-0.25, -0.2) is 0 Å². The second kappa shape index (κ2) is 4.04. The third-order valence-corrected chi connectivity index (χ3v) is 2.40. The smallest absolute Gasteiger partial charge is 0.427 e. The van der Waals surface area contributed by atoms with Gasteiger partial charge >= 0.3 is 6.18 Å². The van der Waals surface area contributed by atoms with Crippen LogP contribution in [0.5, 0.6) is 5.75 Å². The van der Waals surface area contributed by atoms with Gasteiger partial charge in [0.05, 0.1) is 0 Å². The van der Waals surface area contributed by atoms with Crippen molar-refractivity contribution in [2.75, 3.05) is 0 Å². The third-order valence-electron chi connectivity index (χ3n) is 1.87. The molecule has 1 aromatic carbocycles. The first-order valence-corrected chi connectivity index (χ1v) is 5.03. The molecular formula is C10H10BrF3O. The molecule has 0 aliphatic heterocycles. The highest BCUT2D eigenvalue weighted by molar-refractivity contribution is 9.10. The second-order valence-corrected chi connectivity index (χ2v) is 4.48. The summed E-state index contributed by atoms with van der Waals surface area (Å²) in [5.74, 6) is 0.195. The topological polar surface area (TPSA) is 9.23 Å². The Bertz CT molecular complexity index is 330. The predicted octanol–water partition coefficient (Wildman–Crippen LogP) is 4.17. The summed E-state index contributed by atoms with van der Waals surface area (Å²) in [6.07, 6.45) is -4.39. The van der Waals surface area contributed by atoms with Crippen LogP contribution in [0.2, 0.25) is 0 Å². The van der Waals surface area contributed by atoms with E-state index in [0.717, 1.165) is 18.3 Å². The zero-order chi connectivity index (χ0) is 11.7. The zero-order valence-electron chi connectivity index (χ0n) is 8.23. The van der Waals surface area contributed by atoms with E-state index in [1.807, 2.05) is 0 Å². The molecule has 0 heterocycles. The Kier molecular flexibility index (Phi) is 3.33. The number of alkyl halides is 3. The first-order chi connectivity index (χ1) is 6.72. The van der Waals surface area contributed by atoms with Crippen molar-refractivity contribution < 1.29 is 17.9 Å². The first-order valence-electron chi connectivity index (χ1n) is 4.24. The van der Waals surface area contributed by atoms with Crippen molar-refractivity contribution in [1.29, 1.82) is 0 Å². The SMILES string of the molecule is CC(C)(Oc1ccc(Br)cc1)C(F)(F)F. The number of benzene rings is 1. The fourth-order valence-corrected chi connectivity index (χ4v) is 1.12. The maximum atomic E-state index is 12.5. The summed E-state index contributed by atoms with van der Waals surface area (Å²) in [4.78, 5) is 0. The van der Waals surface area contributed by atoms with Gasteiger partial charge in [-0.2, -0.15) is 13.2 Å². The number of rotatable bonds is 2. The van der Waals surface area contributed by atoms with E-state index in [-0.39, 0.29) is 5.75 Å². The molecule has 0 aliphatic rings. The number of hydrogen-bond donors (Lipinski definition) is 0. The highest BCUT2D eigenvalue weighted by Crippen LogP contribution is 2.34. The van der Waals surface area contributed by atoms with Crippen molar-refractivity contribution in [2.45, 2.75) is 25.6 Å². The number of hydrogen-bond acceptors (Lipinski definition) is 1. The van der Waals surface area contributed by atoms with E-state index in [2.05, 4.69) is 15.9 Å². The molecule has 0 amide bonds. The van der Waals surface area contributed by atoms with Crippen LogP contribution in [-0.2, 0) is 0 Å². The van der Waals surface area contributed by atoms with Gasteiger partial charge in [0, 0.05) is 4.47 Å². The monoisotopic (exact) mass is 282 g/mol. The van der Waals surface area contributed by atoms with Crippen molar-refractivity contribution >= 4 is 15.9 Å². The van der Waals surface area contributed by atoms with Crippen LogP contribution >= 0.6 is 15.9 Å². The van der Waals surface area contributed by atoms with E-state index in [4.69, 9.17) is 4.74 Å². The lowest BCUT2D eigenvalue weighted by Crippen LogP contribution is -2.44. The lowest BCUT2D eigenvalue weighted by atomic mass is 10.1. The maximum absolute atomic E-state index is 12.5. The fraction of sp³-hybridized carbons (Fsp3) is 0.400. The molecule has 1 rings (SSSR count). The van der Waals surface area contributed by atoms with Crippen molar-refractivity contribution in [3.05, 3.63) is 28.7 Å². The van der Waals surface area contributed by atoms with Gasteiger partial charge in [0.1, 0.15) is 5.75 Å². The summed E-state index contributed by atoms with van der Waals surface area (Å²) >= 11 is 3.19. The van der Waals surface area contributed by atoms with Gasteiger partial charge in [0.15, 0.2) is 5.60 Å². The van der Waals surface area contributed by atoms with Gasteiger partial charge in [-0.3, -0.25) is 0 Å². The average molecular weight is 283 g/mol. The van der Waals surface area contributed by atoms with Crippen molar-refractivity contribution in [2.24, 2.45) is 0 Å². The standard InChI is InChI=1S/C10H10BrF3O/c1-9(2,10(12,13)14)15-8-5-3-7(11)4-6-8/h3-6H,1-2H3. The second-order valence-electron chi connectivity index (χ2n) is 3.56. The van der Waals surface area contributed by atoms with Crippen LogP contribution in [0.3, 0.4) is 0 Å². The molecule has 0 bridgehead atoms. The van der Waals surface area contributed by atoms with Crippen LogP contribution in [0.25, 0.3) is 0 Å². The molecule has 0 unspecified atom stereocenters. The summed E-state index contributed by atoms with van der Waals surface area (Å²) in [7, 11) is 0. The molecule has 0 saturated heterocycles. The average Bonchev–Trinajstić information content (AvgIpc) is 2.06. The van der Waals surface area contributed by atoms with Crippen LogP contribution in [-0.4, -0.2) is 11.8 Å². The van der Waals surface area contributed by atoms with E-state index in [0.29, 0.717) is 0 Å². The summed E-state index contributed by atoms with van der Waals surface area (Å²) in [5, 5.41) is 0. The van der Waals surface area contributed by atoms with E-state index < -0.39 is 11.8 Å². The van der Waals surface area contributed by atoms with Gasteiger partial charge in [0.25, 0.3) is 0 Å². The summed E-state index contributed by atoms with van der Waals surface area (Å²) in [6.45, 7) is 1.99. The van der Waals surface area contributed by atoms with Crippen molar-refractivity contribution in [1.82, 2.24) is 0 Å².